The molecule has 0 bridgehead atoms. The largest absolute Gasteiger partial charge is 0.409 e. The molecule has 1 unspecified atom stereocenters. The van der Waals surface area contributed by atoms with Crippen LogP contribution in [0.15, 0.2) is 23.4 Å². The molecular weight excluding hydrogens is 270 g/mol. The van der Waals surface area contributed by atoms with Gasteiger partial charge in [-0.25, -0.2) is 0 Å². The first-order valence-corrected chi connectivity index (χ1v) is 6.29. The van der Waals surface area contributed by atoms with Crippen molar-refractivity contribution < 1.29 is 15.1 Å². The van der Waals surface area contributed by atoms with Gasteiger partial charge < -0.3 is 25.7 Å². The van der Waals surface area contributed by atoms with E-state index in [1.54, 1.807) is 12.1 Å². The summed E-state index contributed by atoms with van der Waals surface area (Å²) >= 11 is 6.11. The van der Waals surface area contributed by atoms with Gasteiger partial charge in [0, 0.05) is 18.8 Å². The Morgan fingerprint density at radius 2 is 2.37 bits per heavy atom. The van der Waals surface area contributed by atoms with Gasteiger partial charge >= 0.3 is 0 Å². The molecule has 1 saturated heterocycles. The van der Waals surface area contributed by atoms with E-state index in [2.05, 4.69) is 5.16 Å². The maximum absolute atomic E-state index is 9.17. The number of hydrogen-bond acceptors (Lipinski definition) is 5. The SMILES string of the molecule is N/C(=N/O)c1c(Cl)cccc1N1CCOC(CO)C1. The summed E-state index contributed by atoms with van der Waals surface area (Å²) in [5.41, 5.74) is 6.94. The van der Waals surface area contributed by atoms with Crippen molar-refractivity contribution in [1.82, 2.24) is 0 Å². The van der Waals surface area contributed by atoms with E-state index >= 15 is 0 Å². The maximum Gasteiger partial charge on any atom is 0.173 e. The summed E-state index contributed by atoms with van der Waals surface area (Å²) in [6.07, 6.45) is -0.243. The van der Waals surface area contributed by atoms with E-state index in [0.717, 1.165) is 5.69 Å². The number of hydrogen-bond donors (Lipinski definition) is 3. The highest BCUT2D eigenvalue weighted by molar-refractivity contribution is 6.34. The molecule has 1 aromatic rings. The van der Waals surface area contributed by atoms with Gasteiger partial charge in [0.2, 0.25) is 0 Å². The number of halogens is 1. The number of morpholine rings is 1. The van der Waals surface area contributed by atoms with Crippen LogP contribution in [0.25, 0.3) is 0 Å². The van der Waals surface area contributed by atoms with Gasteiger partial charge in [0.25, 0.3) is 0 Å². The average molecular weight is 286 g/mol. The van der Waals surface area contributed by atoms with E-state index in [1.165, 1.54) is 0 Å². The Morgan fingerprint density at radius 3 is 3.05 bits per heavy atom. The molecule has 6 nitrogen and oxygen atoms in total. The van der Waals surface area contributed by atoms with Gasteiger partial charge in [-0.3, -0.25) is 0 Å². The summed E-state index contributed by atoms with van der Waals surface area (Å²) in [5.74, 6) is -0.0346. The number of aliphatic hydroxyl groups excluding tert-OH is 1. The van der Waals surface area contributed by atoms with Crippen molar-refractivity contribution in [2.24, 2.45) is 10.9 Å². The van der Waals surface area contributed by atoms with Gasteiger partial charge in [-0.05, 0) is 12.1 Å². The van der Waals surface area contributed by atoms with Crippen molar-refractivity contribution >= 4 is 23.1 Å². The summed E-state index contributed by atoms with van der Waals surface area (Å²) in [7, 11) is 0. The number of nitrogens with two attached hydrogens (primary N) is 1. The molecule has 1 aliphatic heterocycles. The van der Waals surface area contributed by atoms with Crippen molar-refractivity contribution in [2.75, 3.05) is 31.2 Å². The second kappa shape index (κ2) is 6.10. The molecule has 0 amide bonds. The fourth-order valence-corrected chi connectivity index (χ4v) is 2.39. The maximum atomic E-state index is 9.17. The lowest BCUT2D eigenvalue weighted by atomic mass is 10.1. The fourth-order valence-electron chi connectivity index (χ4n) is 2.13. The number of nitrogens with zero attached hydrogens (tertiary/aromatic N) is 2. The van der Waals surface area contributed by atoms with Crippen LogP contribution in [0.3, 0.4) is 0 Å². The van der Waals surface area contributed by atoms with E-state index in [4.69, 9.17) is 32.4 Å². The molecule has 1 fully saturated rings. The Kier molecular flexibility index (Phi) is 4.47. The summed E-state index contributed by atoms with van der Waals surface area (Å²) in [5, 5.41) is 21.5. The highest BCUT2D eigenvalue weighted by atomic mass is 35.5. The number of anilines is 1. The van der Waals surface area contributed by atoms with Crippen molar-refractivity contribution in [3.8, 4) is 0 Å². The quantitative estimate of drug-likeness (QED) is 0.328. The number of benzene rings is 1. The molecule has 0 aromatic heterocycles. The molecule has 7 heteroatoms. The van der Waals surface area contributed by atoms with Crippen LogP contribution in [0.5, 0.6) is 0 Å². The Hall–Kier alpha value is -1.50. The third-order valence-electron chi connectivity index (χ3n) is 3.04. The number of ether oxygens (including phenoxy) is 1. The lowest BCUT2D eigenvalue weighted by Crippen LogP contribution is -2.44. The fraction of sp³-hybridized carbons (Fsp3) is 0.417. The molecule has 0 aliphatic carbocycles. The van der Waals surface area contributed by atoms with Crippen LogP contribution in [0.2, 0.25) is 5.02 Å². The minimum atomic E-state index is -0.243. The van der Waals surface area contributed by atoms with E-state index in [9.17, 15) is 0 Å². The third-order valence-corrected chi connectivity index (χ3v) is 3.35. The first-order valence-electron chi connectivity index (χ1n) is 5.91. The lowest BCUT2D eigenvalue weighted by molar-refractivity contribution is 0.00356. The Balaban J connectivity index is 2.36. The second-order valence-corrected chi connectivity index (χ2v) is 4.65. The zero-order chi connectivity index (χ0) is 13.8. The zero-order valence-corrected chi connectivity index (χ0v) is 11.0. The van der Waals surface area contributed by atoms with Gasteiger partial charge in [-0.2, -0.15) is 0 Å². The van der Waals surface area contributed by atoms with E-state index in [0.29, 0.717) is 30.3 Å². The van der Waals surface area contributed by atoms with Gasteiger partial charge in [-0.1, -0.05) is 22.8 Å². The molecule has 1 heterocycles. The Bertz CT molecular complexity index is 481. The highest BCUT2D eigenvalue weighted by Crippen LogP contribution is 2.28. The van der Waals surface area contributed by atoms with Crippen molar-refractivity contribution in [3.05, 3.63) is 28.8 Å². The average Bonchev–Trinajstić information content (AvgIpc) is 2.46. The third kappa shape index (κ3) is 2.91. The number of oxime groups is 1. The van der Waals surface area contributed by atoms with Gasteiger partial charge in [-0.15, -0.1) is 0 Å². The smallest absolute Gasteiger partial charge is 0.173 e. The van der Waals surface area contributed by atoms with Crippen LogP contribution in [0.4, 0.5) is 5.69 Å². The first kappa shape index (κ1) is 13.9. The van der Waals surface area contributed by atoms with Gasteiger partial charge in [0.15, 0.2) is 5.84 Å². The predicted molar refractivity (Wildman–Crippen MR) is 73.0 cm³/mol. The molecule has 0 saturated carbocycles. The van der Waals surface area contributed by atoms with Gasteiger partial charge in [0.1, 0.15) is 0 Å². The summed E-state index contributed by atoms with van der Waals surface area (Å²) in [4.78, 5) is 2.00. The Labute approximate surface area is 116 Å². The van der Waals surface area contributed by atoms with E-state index < -0.39 is 0 Å². The number of rotatable bonds is 3. The molecule has 4 N–H and O–H groups in total. The lowest BCUT2D eigenvalue weighted by Gasteiger charge is -2.34. The minimum Gasteiger partial charge on any atom is -0.409 e. The summed E-state index contributed by atoms with van der Waals surface area (Å²) < 4.78 is 5.40. The molecule has 1 aromatic carbocycles. The van der Waals surface area contributed by atoms with Crippen LogP contribution in [0.1, 0.15) is 5.56 Å². The van der Waals surface area contributed by atoms with Crippen molar-refractivity contribution in [1.29, 1.82) is 0 Å². The second-order valence-electron chi connectivity index (χ2n) is 4.24. The zero-order valence-electron chi connectivity index (χ0n) is 10.3. The van der Waals surface area contributed by atoms with Crippen LogP contribution in [-0.4, -0.2) is 48.6 Å². The monoisotopic (exact) mass is 285 g/mol. The molecule has 0 radical (unpaired) electrons. The molecule has 19 heavy (non-hydrogen) atoms. The normalized spacial score (nSPS) is 20.6. The topological polar surface area (TPSA) is 91.3 Å². The molecule has 1 atom stereocenters. The standard InChI is InChI=1S/C12H16ClN3O3/c13-9-2-1-3-10(11(9)12(14)15-18)16-4-5-19-8(6-16)7-17/h1-3,8,17-18H,4-7H2,(H2,14,15). The highest BCUT2D eigenvalue weighted by Gasteiger charge is 2.23. The molecule has 104 valence electrons. The summed E-state index contributed by atoms with van der Waals surface area (Å²) in [6, 6.07) is 5.33. The predicted octanol–water partition coefficient (Wildman–Crippen LogP) is 0.632. The molecule has 0 spiro atoms. The summed E-state index contributed by atoms with van der Waals surface area (Å²) in [6.45, 7) is 1.65. The molecule has 1 aliphatic rings. The van der Waals surface area contributed by atoms with Crippen LogP contribution in [-0.2, 0) is 4.74 Å². The van der Waals surface area contributed by atoms with Crippen molar-refractivity contribution in [2.45, 2.75) is 6.10 Å². The van der Waals surface area contributed by atoms with E-state index in [-0.39, 0.29) is 18.5 Å². The van der Waals surface area contributed by atoms with Crippen LogP contribution < -0.4 is 10.6 Å². The first-order chi connectivity index (χ1) is 9.17. The Morgan fingerprint density at radius 1 is 1.58 bits per heavy atom. The van der Waals surface area contributed by atoms with Crippen molar-refractivity contribution in [3.63, 3.8) is 0 Å². The minimum absolute atomic E-state index is 0.0346. The molecule has 2 rings (SSSR count). The molecular formula is C12H16ClN3O3. The van der Waals surface area contributed by atoms with Crippen LogP contribution in [0, 0.1) is 0 Å². The van der Waals surface area contributed by atoms with Gasteiger partial charge in [0.05, 0.1) is 29.9 Å². The number of amidine groups is 1. The van der Waals surface area contributed by atoms with Crippen LogP contribution >= 0.6 is 11.6 Å². The van der Waals surface area contributed by atoms with E-state index in [1.807, 2.05) is 11.0 Å². The number of aliphatic hydroxyl groups is 1.